The maximum absolute atomic E-state index is 5.89. The van der Waals surface area contributed by atoms with E-state index in [1.165, 1.54) is 35.1 Å². The van der Waals surface area contributed by atoms with Gasteiger partial charge in [-0.2, -0.15) is 0 Å². The van der Waals surface area contributed by atoms with Gasteiger partial charge in [0.2, 0.25) is 0 Å². The maximum atomic E-state index is 5.89. The predicted octanol–water partition coefficient (Wildman–Crippen LogP) is 3.55. The number of nitrogens with two attached hydrogens (primary N) is 1. The molecule has 2 aromatic rings. The van der Waals surface area contributed by atoms with Crippen LogP contribution in [0.2, 0.25) is 0 Å². The highest BCUT2D eigenvalue weighted by Crippen LogP contribution is 2.38. The number of fused-ring (bicyclic) bond motifs is 2. The van der Waals surface area contributed by atoms with E-state index in [-0.39, 0.29) is 0 Å². The van der Waals surface area contributed by atoms with Gasteiger partial charge in [0, 0.05) is 0 Å². The van der Waals surface area contributed by atoms with Gasteiger partial charge in [0.1, 0.15) is 0 Å². The smallest absolute Gasteiger partial charge is 0.0607 e. The number of aryl methyl sites for hydroxylation is 2. The minimum Gasteiger partial charge on any atom is -0.330 e. The van der Waals surface area contributed by atoms with Gasteiger partial charge in [-0.1, -0.05) is 48.5 Å². The molecule has 1 fully saturated rings. The van der Waals surface area contributed by atoms with E-state index in [1.54, 1.807) is 0 Å². The highest BCUT2D eigenvalue weighted by atomic mass is 15.2. The summed E-state index contributed by atoms with van der Waals surface area (Å²) in [5.41, 5.74) is 12.0. The van der Waals surface area contributed by atoms with E-state index >= 15 is 0 Å². The van der Waals surface area contributed by atoms with E-state index in [9.17, 15) is 0 Å². The fourth-order valence-electron chi connectivity index (χ4n) is 4.33. The van der Waals surface area contributed by atoms with Crippen molar-refractivity contribution in [2.24, 2.45) is 11.7 Å². The van der Waals surface area contributed by atoms with Crippen molar-refractivity contribution in [3.63, 3.8) is 0 Å². The van der Waals surface area contributed by atoms with Crippen LogP contribution in [0.1, 0.15) is 41.1 Å². The zero-order chi connectivity index (χ0) is 15.6. The Morgan fingerprint density at radius 2 is 1.35 bits per heavy atom. The summed E-state index contributed by atoms with van der Waals surface area (Å²) in [5.74, 6) is 0.711. The fraction of sp³-hybridized carbons (Fsp3) is 0.429. The van der Waals surface area contributed by atoms with Crippen molar-refractivity contribution in [1.29, 1.82) is 0 Å². The second-order valence-electron chi connectivity index (χ2n) is 7.02. The second-order valence-corrected chi connectivity index (χ2v) is 7.02. The highest BCUT2D eigenvalue weighted by molar-refractivity contribution is 5.44. The van der Waals surface area contributed by atoms with Crippen LogP contribution < -0.4 is 5.73 Å². The number of piperidine rings is 1. The van der Waals surface area contributed by atoms with Gasteiger partial charge in [0.05, 0.1) is 6.04 Å². The molecule has 2 heteroatoms. The monoisotopic (exact) mass is 306 g/mol. The Labute approximate surface area is 139 Å². The largest absolute Gasteiger partial charge is 0.330 e. The first-order valence-corrected chi connectivity index (χ1v) is 8.96. The lowest BCUT2D eigenvalue weighted by Gasteiger charge is -2.38. The van der Waals surface area contributed by atoms with Gasteiger partial charge >= 0.3 is 0 Å². The number of likely N-dealkylation sites (tertiary alicyclic amines) is 1. The third-order valence-electron chi connectivity index (χ3n) is 5.71. The number of hydrogen-bond donors (Lipinski definition) is 1. The van der Waals surface area contributed by atoms with Crippen molar-refractivity contribution >= 4 is 0 Å². The SMILES string of the molecule is NCC1CCN(C2c3ccccc3CCc3ccccc32)CC1. The van der Waals surface area contributed by atoms with Crippen LogP contribution in [-0.2, 0) is 12.8 Å². The lowest BCUT2D eigenvalue weighted by molar-refractivity contribution is 0.153. The molecule has 0 radical (unpaired) electrons. The molecule has 2 N–H and O–H groups in total. The number of rotatable bonds is 2. The Hall–Kier alpha value is -1.64. The summed E-state index contributed by atoms with van der Waals surface area (Å²) in [4.78, 5) is 2.69. The van der Waals surface area contributed by atoms with Gasteiger partial charge in [0.25, 0.3) is 0 Å². The molecule has 0 saturated carbocycles. The first-order chi connectivity index (χ1) is 11.4. The molecule has 0 amide bonds. The Morgan fingerprint density at radius 1 is 0.826 bits per heavy atom. The topological polar surface area (TPSA) is 29.3 Å². The van der Waals surface area contributed by atoms with Gasteiger partial charge in [-0.25, -0.2) is 0 Å². The lowest BCUT2D eigenvalue weighted by atomic mass is 9.89. The Morgan fingerprint density at radius 3 is 1.87 bits per heavy atom. The molecule has 2 aliphatic rings. The molecule has 0 spiro atoms. The molecule has 0 unspecified atom stereocenters. The van der Waals surface area contributed by atoms with Crippen LogP contribution in [0, 0.1) is 5.92 Å². The lowest BCUT2D eigenvalue weighted by Crippen LogP contribution is -2.39. The van der Waals surface area contributed by atoms with Crippen LogP contribution in [0.25, 0.3) is 0 Å². The summed E-state index contributed by atoms with van der Waals surface area (Å²) in [6.45, 7) is 3.16. The molecule has 23 heavy (non-hydrogen) atoms. The molecule has 120 valence electrons. The van der Waals surface area contributed by atoms with Crippen LogP contribution in [0.4, 0.5) is 0 Å². The van der Waals surface area contributed by atoms with E-state index in [2.05, 4.69) is 53.4 Å². The molecule has 1 aliphatic carbocycles. The van der Waals surface area contributed by atoms with Gasteiger partial charge in [-0.3, -0.25) is 4.90 Å². The van der Waals surface area contributed by atoms with Crippen LogP contribution in [0.15, 0.2) is 48.5 Å². The summed E-state index contributed by atoms with van der Waals surface area (Å²) in [6, 6.07) is 18.5. The molecule has 0 atom stereocenters. The summed E-state index contributed by atoms with van der Waals surface area (Å²) >= 11 is 0. The third kappa shape index (κ3) is 2.82. The average molecular weight is 306 g/mol. The number of hydrogen-bond acceptors (Lipinski definition) is 2. The van der Waals surface area contributed by atoms with Crippen molar-refractivity contribution in [1.82, 2.24) is 4.90 Å². The second kappa shape index (κ2) is 6.46. The standard InChI is InChI=1S/C21H26N2/c22-15-16-11-13-23(14-12-16)21-19-7-3-1-5-17(19)9-10-18-6-2-4-8-20(18)21/h1-8,16,21H,9-15,22H2. The summed E-state index contributed by atoms with van der Waals surface area (Å²) in [6.07, 6.45) is 4.78. The minimum atomic E-state index is 0.420. The van der Waals surface area contributed by atoms with Crippen LogP contribution >= 0.6 is 0 Å². The first-order valence-electron chi connectivity index (χ1n) is 8.96. The molecule has 2 nitrogen and oxygen atoms in total. The van der Waals surface area contributed by atoms with Crippen molar-refractivity contribution in [3.8, 4) is 0 Å². The maximum Gasteiger partial charge on any atom is 0.0607 e. The quantitative estimate of drug-likeness (QED) is 0.919. The van der Waals surface area contributed by atoms with Crippen molar-refractivity contribution in [2.75, 3.05) is 19.6 Å². The van der Waals surface area contributed by atoms with E-state index in [4.69, 9.17) is 5.73 Å². The van der Waals surface area contributed by atoms with Gasteiger partial charge < -0.3 is 5.73 Å². The fourth-order valence-corrected chi connectivity index (χ4v) is 4.33. The van der Waals surface area contributed by atoms with Gasteiger partial charge in [-0.15, -0.1) is 0 Å². The predicted molar refractivity (Wildman–Crippen MR) is 95.5 cm³/mol. The van der Waals surface area contributed by atoms with Crippen molar-refractivity contribution in [2.45, 2.75) is 31.7 Å². The van der Waals surface area contributed by atoms with Crippen molar-refractivity contribution < 1.29 is 0 Å². The molecule has 4 rings (SSSR count). The van der Waals surface area contributed by atoms with E-state index in [0.717, 1.165) is 32.5 Å². The van der Waals surface area contributed by atoms with Gasteiger partial charge in [0.15, 0.2) is 0 Å². The average Bonchev–Trinajstić information content (AvgIpc) is 2.79. The number of nitrogens with zero attached hydrogens (tertiary/aromatic N) is 1. The Kier molecular flexibility index (Phi) is 4.19. The summed E-state index contributed by atoms with van der Waals surface area (Å²) in [7, 11) is 0. The third-order valence-corrected chi connectivity index (χ3v) is 5.71. The Balaban J connectivity index is 1.75. The molecule has 1 heterocycles. The zero-order valence-electron chi connectivity index (χ0n) is 13.7. The molecular weight excluding hydrogens is 280 g/mol. The molecule has 0 aromatic heterocycles. The molecular formula is C21H26N2. The molecule has 1 aliphatic heterocycles. The van der Waals surface area contributed by atoms with E-state index in [0.29, 0.717) is 12.0 Å². The Bertz CT molecular complexity index is 624. The molecule has 1 saturated heterocycles. The zero-order valence-corrected chi connectivity index (χ0v) is 13.7. The molecule has 2 aromatic carbocycles. The highest BCUT2D eigenvalue weighted by Gasteiger charge is 2.30. The molecule has 0 bridgehead atoms. The summed E-state index contributed by atoms with van der Waals surface area (Å²) < 4.78 is 0. The van der Waals surface area contributed by atoms with Crippen molar-refractivity contribution in [3.05, 3.63) is 70.8 Å². The minimum absolute atomic E-state index is 0.420. The van der Waals surface area contributed by atoms with Gasteiger partial charge in [-0.05, 0) is 73.5 Å². The van der Waals surface area contributed by atoms with E-state index < -0.39 is 0 Å². The number of benzene rings is 2. The van der Waals surface area contributed by atoms with Crippen LogP contribution in [0.5, 0.6) is 0 Å². The first kappa shape index (κ1) is 14.9. The normalized spacial score (nSPS) is 19.9. The van der Waals surface area contributed by atoms with Crippen LogP contribution in [0.3, 0.4) is 0 Å². The van der Waals surface area contributed by atoms with E-state index in [1.807, 2.05) is 0 Å². The van der Waals surface area contributed by atoms with Crippen LogP contribution in [-0.4, -0.2) is 24.5 Å². The summed E-state index contributed by atoms with van der Waals surface area (Å²) in [5, 5.41) is 0.